The van der Waals surface area contributed by atoms with Crippen molar-refractivity contribution >= 4 is 30.4 Å². The minimum atomic E-state index is -0.556. The standard InChI is InChI=1S/2C10H21NO.C8H18O.2ClH.Ti/c2*1-2-3-4-5-6-7-8-9-10(11)12;1-3-5-6-8(4-2)7-9;;;/h2*2-9H2,1H3,(H2,11,12);8-9H,3-7H2,1-2H3;2*1H;/q;;;;;+2/p-4. The van der Waals surface area contributed by atoms with E-state index in [4.69, 9.17) is 35.2 Å². The van der Waals surface area contributed by atoms with E-state index in [1.807, 2.05) is 0 Å². The molecule has 0 spiro atoms. The summed E-state index contributed by atoms with van der Waals surface area (Å²) in [6.45, 7) is 9.11. The van der Waals surface area contributed by atoms with Crippen LogP contribution in [0.2, 0.25) is 0 Å². The van der Waals surface area contributed by atoms with Crippen molar-refractivity contribution in [2.75, 3.05) is 6.61 Å². The molecule has 0 aliphatic rings. The van der Waals surface area contributed by atoms with Crippen molar-refractivity contribution in [2.45, 2.75) is 156 Å². The van der Waals surface area contributed by atoms with Crippen LogP contribution >= 0.6 is 18.6 Å². The van der Waals surface area contributed by atoms with Crippen molar-refractivity contribution in [2.24, 2.45) is 5.92 Å². The number of halogens is 2. The molecule has 0 aromatic heterocycles. The van der Waals surface area contributed by atoms with Gasteiger partial charge < -0.3 is 26.2 Å². The third-order valence-corrected chi connectivity index (χ3v) is 5.82. The van der Waals surface area contributed by atoms with Crippen LogP contribution in [0.4, 0.5) is 0 Å². The summed E-state index contributed by atoms with van der Waals surface area (Å²) in [5.74, 6) is -0.267. The second-order valence-electron chi connectivity index (χ2n) is 9.26. The Bertz CT molecular complexity index is 388. The molecule has 0 heterocycles. The van der Waals surface area contributed by atoms with Gasteiger partial charge in [0.05, 0.1) is 0 Å². The molecule has 0 saturated carbocycles. The summed E-state index contributed by atoms with van der Waals surface area (Å²) >= 11 is -0.556. The summed E-state index contributed by atoms with van der Waals surface area (Å²) in [4.78, 5) is 20.5. The summed E-state index contributed by atoms with van der Waals surface area (Å²) in [7, 11) is 9.78. The van der Waals surface area contributed by atoms with Gasteiger partial charge in [0.25, 0.3) is 0 Å². The van der Waals surface area contributed by atoms with Gasteiger partial charge in [-0.15, -0.1) is 0 Å². The molecule has 8 heteroatoms. The summed E-state index contributed by atoms with van der Waals surface area (Å²) < 4.78 is 0. The van der Waals surface area contributed by atoms with Crippen LogP contribution in [-0.4, -0.2) is 23.5 Å². The van der Waals surface area contributed by atoms with Gasteiger partial charge in [0.15, 0.2) is 0 Å². The molecule has 0 radical (unpaired) electrons. The maximum absolute atomic E-state index is 10.2. The maximum atomic E-state index is 10.2. The number of aliphatic hydroxyl groups is 1. The topological polar surface area (TPSA) is 102 Å². The van der Waals surface area contributed by atoms with E-state index in [-0.39, 0.29) is 0 Å². The Hall–Kier alpha value is 0.194. The quantitative estimate of drug-likeness (QED) is 0.106. The Kier molecular flexibility index (Phi) is 50.8. The van der Waals surface area contributed by atoms with Crippen LogP contribution in [0.1, 0.15) is 156 Å². The fraction of sp³-hybridized carbons (Fsp3) is 0.929. The second kappa shape index (κ2) is 42.3. The van der Waals surface area contributed by atoms with Gasteiger partial charge in [0.2, 0.25) is 0 Å². The van der Waals surface area contributed by atoms with E-state index >= 15 is 0 Å². The Labute approximate surface area is 241 Å². The average Bonchev–Trinajstić information content (AvgIpc) is 2.84. The Balaban J connectivity index is -0.000000204. The second-order valence-corrected chi connectivity index (χ2v) is 11.8. The van der Waals surface area contributed by atoms with Crippen molar-refractivity contribution < 1.29 is 31.7 Å². The number of hydrogen-bond donors (Lipinski definition) is 1. The molecule has 0 aromatic rings. The molecule has 0 fully saturated rings. The summed E-state index contributed by atoms with van der Waals surface area (Å²) in [5, 5.41) is 8.75. The monoisotopic (exact) mass is 588 g/mol. The molecule has 2 amide bonds. The van der Waals surface area contributed by atoms with E-state index in [1.54, 1.807) is 0 Å². The SMILES string of the molecule is CCCCC(CC)CO.CCCCCCCCCC([NH-])=O.CCCCCCCCCC([NH-])=O.[Cl][Ti][Cl]. The normalized spacial score (nSPS) is 10.5. The number of carbonyl (C=O) groups excluding carboxylic acids is 2. The molecule has 0 rings (SSSR count). The van der Waals surface area contributed by atoms with E-state index in [1.165, 1.54) is 83.5 Å². The molecule has 36 heavy (non-hydrogen) atoms. The zero-order valence-corrected chi connectivity index (χ0v) is 27.0. The van der Waals surface area contributed by atoms with Gasteiger partial charge in [0.1, 0.15) is 0 Å². The number of rotatable bonds is 21. The first-order chi connectivity index (χ1) is 17.3. The predicted octanol–water partition coefficient (Wildman–Crippen LogP) is 11.0. The molecular weight excluding hydrogens is 531 g/mol. The van der Waals surface area contributed by atoms with Gasteiger partial charge in [-0.3, -0.25) is 0 Å². The Morgan fingerprint density at radius 3 is 1.19 bits per heavy atom. The van der Waals surface area contributed by atoms with Gasteiger partial charge in [0, 0.05) is 18.4 Å². The van der Waals surface area contributed by atoms with Gasteiger partial charge in [-0.25, -0.2) is 0 Å². The third kappa shape index (κ3) is 54.9. The number of nitrogens with one attached hydrogen (secondary N) is 2. The van der Waals surface area contributed by atoms with Crippen molar-refractivity contribution in [3.05, 3.63) is 11.5 Å². The average molecular weight is 590 g/mol. The van der Waals surface area contributed by atoms with Crippen LogP contribution in [0.25, 0.3) is 11.5 Å². The van der Waals surface area contributed by atoms with E-state index < -0.39 is 28.8 Å². The number of aliphatic hydroxyl groups excluding tert-OH is 1. The third-order valence-electron chi connectivity index (χ3n) is 5.82. The molecule has 0 aliphatic heterocycles. The van der Waals surface area contributed by atoms with Crippen LogP contribution < -0.4 is 0 Å². The van der Waals surface area contributed by atoms with Crippen molar-refractivity contribution in [1.29, 1.82) is 0 Å². The molecule has 1 atom stereocenters. The molecule has 3 N–H and O–H groups in total. The first-order valence-electron chi connectivity index (χ1n) is 14.4. The van der Waals surface area contributed by atoms with Gasteiger partial charge in [-0.2, -0.15) is 0 Å². The van der Waals surface area contributed by atoms with Crippen LogP contribution in [0.15, 0.2) is 0 Å². The zero-order chi connectivity index (χ0) is 28.3. The summed E-state index contributed by atoms with van der Waals surface area (Å²) in [6, 6.07) is 0. The fourth-order valence-corrected chi connectivity index (χ4v) is 3.40. The molecule has 5 nitrogen and oxygen atoms in total. The molecule has 0 saturated heterocycles. The molecule has 1 unspecified atom stereocenters. The van der Waals surface area contributed by atoms with E-state index in [2.05, 4.69) is 27.7 Å². The van der Waals surface area contributed by atoms with Crippen molar-refractivity contribution in [3.63, 3.8) is 0 Å². The van der Waals surface area contributed by atoms with Gasteiger partial charge >= 0.3 is 35.6 Å². The van der Waals surface area contributed by atoms with Crippen molar-refractivity contribution in [3.8, 4) is 0 Å². The predicted molar refractivity (Wildman–Crippen MR) is 156 cm³/mol. The molecular formula is C28H58Cl2N2O3Ti-2. The zero-order valence-electron chi connectivity index (χ0n) is 23.9. The van der Waals surface area contributed by atoms with Gasteiger partial charge in [-0.05, 0) is 38.0 Å². The molecule has 0 aliphatic carbocycles. The number of carbonyl (C=O) groups is 2. The van der Waals surface area contributed by atoms with Gasteiger partial charge in [-0.1, -0.05) is 124 Å². The van der Waals surface area contributed by atoms with Crippen LogP contribution in [0, 0.1) is 5.92 Å². The fourth-order valence-electron chi connectivity index (χ4n) is 3.40. The Morgan fingerprint density at radius 1 is 0.639 bits per heavy atom. The molecule has 0 bridgehead atoms. The van der Waals surface area contributed by atoms with Crippen LogP contribution in [0.3, 0.4) is 0 Å². The van der Waals surface area contributed by atoms with Crippen LogP contribution in [0.5, 0.6) is 0 Å². The summed E-state index contributed by atoms with van der Waals surface area (Å²) in [6.07, 6.45) is 22.7. The van der Waals surface area contributed by atoms with E-state index in [0.29, 0.717) is 25.4 Å². The molecule has 218 valence electrons. The number of unbranched alkanes of at least 4 members (excludes halogenated alkanes) is 13. The minimum absolute atomic E-state index is 0.372. The van der Waals surface area contributed by atoms with Crippen molar-refractivity contribution in [1.82, 2.24) is 0 Å². The van der Waals surface area contributed by atoms with Crippen LogP contribution in [-0.2, 0) is 26.6 Å². The first kappa shape index (κ1) is 43.3. The first-order valence-corrected chi connectivity index (χ1v) is 18.7. The van der Waals surface area contributed by atoms with E-state index in [9.17, 15) is 9.59 Å². The number of hydrogen-bond acceptors (Lipinski definition) is 3. The Morgan fingerprint density at radius 2 is 0.944 bits per heavy atom. The van der Waals surface area contributed by atoms with E-state index in [0.717, 1.165) is 32.1 Å². The number of amides is 2. The molecule has 0 aromatic carbocycles. The summed E-state index contributed by atoms with van der Waals surface area (Å²) in [5.41, 5.74) is 13.4.